The summed E-state index contributed by atoms with van der Waals surface area (Å²) in [5, 5.41) is 0. The number of carbonyl (C=O) groups excluding carboxylic acids is 1. The minimum atomic E-state index is -0.0349. The highest BCUT2D eigenvalue weighted by molar-refractivity contribution is 5.87. The van der Waals surface area contributed by atoms with E-state index in [1.807, 2.05) is 0 Å². The highest BCUT2D eigenvalue weighted by Crippen LogP contribution is 2.65. The lowest BCUT2D eigenvalue weighted by atomic mass is 9.48. The van der Waals surface area contributed by atoms with Crippen LogP contribution in [-0.4, -0.2) is 18.0 Å². The number of epoxide rings is 1. The van der Waals surface area contributed by atoms with Crippen LogP contribution in [0, 0.1) is 28.6 Å². The van der Waals surface area contributed by atoms with Gasteiger partial charge in [0.2, 0.25) is 0 Å². The molecule has 22 heavy (non-hydrogen) atoms. The normalized spacial score (nSPS) is 56.2. The third-order valence-electron chi connectivity index (χ3n) is 8.43. The number of ketones is 1. The number of allylic oxidation sites excluding steroid dienone is 2. The number of hydrogen-bond donors (Lipinski definition) is 0. The second kappa shape index (κ2) is 4.06. The summed E-state index contributed by atoms with van der Waals surface area (Å²) in [5.74, 6) is 2.67. The number of hydrogen-bond acceptors (Lipinski definition) is 2. The van der Waals surface area contributed by atoms with Crippen LogP contribution >= 0.6 is 0 Å². The number of rotatable bonds is 0. The summed E-state index contributed by atoms with van der Waals surface area (Å²) in [6.45, 7) is 5.80. The zero-order chi connectivity index (χ0) is 15.2. The minimum absolute atomic E-state index is 0.0349. The van der Waals surface area contributed by atoms with Gasteiger partial charge in [-0.05, 0) is 68.1 Å². The summed E-state index contributed by atoms with van der Waals surface area (Å²) in [6, 6.07) is 0. The molecule has 1 spiro atoms. The fourth-order valence-corrected chi connectivity index (χ4v) is 6.73. The maximum Gasteiger partial charge on any atom is 0.139 e. The zero-order valence-electron chi connectivity index (χ0n) is 14.0. The maximum atomic E-state index is 12.4. The van der Waals surface area contributed by atoms with Gasteiger partial charge in [0.1, 0.15) is 5.78 Å². The lowest BCUT2D eigenvalue weighted by molar-refractivity contribution is -0.127. The third-order valence-corrected chi connectivity index (χ3v) is 8.43. The Morgan fingerprint density at radius 2 is 1.95 bits per heavy atom. The summed E-state index contributed by atoms with van der Waals surface area (Å²) >= 11 is 0. The Hall–Kier alpha value is -0.630. The molecule has 1 saturated heterocycles. The SMILES string of the molecule is C[C@]12CC[C@]3(CO3)C[C@@H]1CC[C@@H]1C2=CC[C@]2(C)C(=O)CC[C@@H]12. The van der Waals surface area contributed by atoms with Crippen LogP contribution in [0.15, 0.2) is 11.6 Å². The number of ether oxygens (including phenoxy) is 1. The first kappa shape index (κ1) is 13.8. The first-order chi connectivity index (χ1) is 10.5. The van der Waals surface area contributed by atoms with Gasteiger partial charge in [-0.2, -0.15) is 0 Å². The molecule has 0 N–H and O–H groups in total. The number of fused-ring (bicyclic) bond motifs is 5. The molecule has 120 valence electrons. The summed E-state index contributed by atoms with van der Waals surface area (Å²) in [6.07, 6.45) is 12.0. The van der Waals surface area contributed by atoms with Crippen molar-refractivity contribution in [3.63, 3.8) is 0 Å². The molecule has 3 saturated carbocycles. The highest BCUT2D eigenvalue weighted by atomic mass is 16.6. The van der Waals surface area contributed by atoms with Crippen LogP contribution < -0.4 is 0 Å². The van der Waals surface area contributed by atoms with Crippen LogP contribution in [0.5, 0.6) is 0 Å². The number of Topliss-reactive ketones (excluding diaryl/α,β-unsaturated/α-hetero) is 1. The topological polar surface area (TPSA) is 29.6 Å². The molecular weight excluding hydrogens is 272 g/mol. The molecule has 0 amide bonds. The molecule has 0 aromatic carbocycles. The summed E-state index contributed by atoms with van der Waals surface area (Å²) in [7, 11) is 0. The molecule has 0 unspecified atom stereocenters. The fourth-order valence-electron chi connectivity index (χ4n) is 6.73. The molecule has 2 heteroatoms. The van der Waals surface area contributed by atoms with E-state index in [0.29, 0.717) is 23.0 Å². The van der Waals surface area contributed by atoms with E-state index in [4.69, 9.17) is 4.74 Å². The van der Waals surface area contributed by atoms with Gasteiger partial charge >= 0.3 is 0 Å². The third kappa shape index (κ3) is 1.58. The standard InChI is InChI=1S/C20H28O2/c1-18-9-10-20(12-22-20)11-13(18)3-4-14-15-5-6-17(21)19(15,2)8-7-16(14)18/h7,13-15H,3-6,8-12H2,1-2H3/t13-,14-,15-,18-,19-,20+/m0/s1. The van der Waals surface area contributed by atoms with Gasteiger partial charge in [-0.3, -0.25) is 4.79 Å². The van der Waals surface area contributed by atoms with Crippen LogP contribution in [0.2, 0.25) is 0 Å². The largest absolute Gasteiger partial charge is 0.370 e. The zero-order valence-corrected chi connectivity index (χ0v) is 14.0. The Morgan fingerprint density at radius 3 is 2.73 bits per heavy atom. The number of carbonyl (C=O) groups is 1. The van der Waals surface area contributed by atoms with Crippen molar-refractivity contribution < 1.29 is 9.53 Å². The van der Waals surface area contributed by atoms with Gasteiger partial charge in [0.25, 0.3) is 0 Å². The van der Waals surface area contributed by atoms with E-state index in [1.54, 1.807) is 5.57 Å². The Morgan fingerprint density at radius 1 is 1.14 bits per heavy atom. The van der Waals surface area contributed by atoms with E-state index < -0.39 is 0 Å². The molecule has 4 aliphatic carbocycles. The average Bonchev–Trinajstić information content (AvgIpc) is 3.19. The molecule has 4 fully saturated rings. The second-order valence-corrected chi connectivity index (χ2v) is 9.32. The lowest BCUT2D eigenvalue weighted by Gasteiger charge is -2.56. The van der Waals surface area contributed by atoms with Gasteiger partial charge < -0.3 is 4.74 Å². The van der Waals surface area contributed by atoms with E-state index in [2.05, 4.69) is 19.9 Å². The Balaban J connectivity index is 1.51. The molecule has 5 rings (SSSR count). The molecule has 6 atom stereocenters. The molecule has 0 radical (unpaired) electrons. The van der Waals surface area contributed by atoms with Crippen molar-refractivity contribution >= 4 is 5.78 Å². The van der Waals surface area contributed by atoms with Crippen molar-refractivity contribution in [3.8, 4) is 0 Å². The molecule has 2 nitrogen and oxygen atoms in total. The van der Waals surface area contributed by atoms with Crippen LogP contribution in [-0.2, 0) is 9.53 Å². The van der Waals surface area contributed by atoms with Gasteiger partial charge in [-0.25, -0.2) is 0 Å². The van der Waals surface area contributed by atoms with Crippen molar-refractivity contribution in [2.24, 2.45) is 28.6 Å². The molecule has 1 heterocycles. The van der Waals surface area contributed by atoms with Crippen molar-refractivity contribution in [2.75, 3.05) is 6.61 Å². The Kier molecular flexibility index (Phi) is 2.54. The molecule has 0 aromatic rings. The average molecular weight is 300 g/mol. The van der Waals surface area contributed by atoms with Gasteiger partial charge in [0.15, 0.2) is 0 Å². The smallest absolute Gasteiger partial charge is 0.139 e. The first-order valence-electron chi connectivity index (χ1n) is 9.35. The molecule has 0 bridgehead atoms. The predicted molar refractivity (Wildman–Crippen MR) is 85.4 cm³/mol. The van der Waals surface area contributed by atoms with E-state index >= 15 is 0 Å². The Labute approximate surface area is 133 Å². The Bertz CT molecular complexity index is 572. The maximum absolute atomic E-state index is 12.4. The van der Waals surface area contributed by atoms with Crippen LogP contribution in [0.3, 0.4) is 0 Å². The fraction of sp³-hybridized carbons (Fsp3) is 0.850. The first-order valence-corrected chi connectivity index (χ1v) is 9.35. The van der Waals surface area contributed by atoms with E-state index in [9.17, 15) is 4.79 Å². The summed E-state index contributed by atoms with van der Waals surface area (Å²) in [5.41, 5.74) is 2.39. The van der Waals surface area contributed by atoms with Crippen molar-refractivity contribution in [2.45, 2.75) is 70.8 Å². The van der Waals surface area contributed by atoms with Gasteiger partial charge in [0.05, 0.1) is 12.2 Å². The predicted octanol–water partition coefficient (Wildman–Crippen LogP) is 4.29. The molecule has 1 aliphatic heterocycles. The molecule has 5 aliphatic rings. The minimum Gasteiger partial charge on any atom is -0.370 e. The van der Waals surface area contributed by atoms with Gasteiger partial charge in [-0.1, -0.05) is 25.5 Å². The van der Waals surface area contributed by atoms with E-state index in [0.717, 1.165) is 31.8 Å². The van der Waals surface area contributed by atoms with Crippen molar-refractivity contribution in [1.82, 2.24) is 0 Å². The summed E-state index contributed by atoms with van der Waals surface area (Å²) in [4.78, 5) is 12.4. The lowest BCUT2D eigenvalue weighted by Crippen LogP contribution is -2.49. The van der Waals surface area contributed by atoms with Crippen molar-refractivity contribution in [3.05, 3.63) is 11.6 Å². The van der Waals surface area contributed by atoms with E-state index in [-0.39, 0.29) is 11.0 Å². The van der Waals surface area contributed by atoms with E-state index in [1.165, 1.54) is 32.1 Å². The van der Waals surface area contributed by atoms with Crippen LogP contribution in [0.4, 0.5) is 0 Å². The van der Waals surface area contributed by atoms with Crippen LogP contribution in [0.1, 0.15) is 65.2 Å². The highest BCUT2D eigenvalue weighted by Gasteiger charge is 2.60. The quantitative estimate of drug-likeness (QED) is 0.493. The van der Waals surface area contributed by atoms with Gasteiger partial charge in [-0.15, -0.1) is 0 Å². The monoisotopic (exact) mass is 300 g/mol. The molecular formula is C20H28O2. The second-order valence-electron chi connectivity index (χ2n) is 9.32. The summed E-state index contributed by atoms with van der Waals surface area (Å²) < 4.78 is 5.80. The van der Waals surface area contributed by atoms with Gasteiger partial charge in [0, 0.05) is 11.8 Å². The molecule has 0 aromatic heterocycles. The van der Waals surface area contributed by atoms with Crippen LogP contribution in [0.25, 0.3) is 0 Å². The van der Waals surface area contributed by atoms with Crippen molar-refractivity contribution in [1.29, 1.82) is 0 Å².